The summed E-state index contributed by atoms with van der Waals surface area (Å²) in [6.45, 7) is 11.0. The second-order valence-electron chi connectivity index (χ2n) is 9.66. The predicted molar refractivity (Wildman–Crippen MR) is 138 cm³/mol. The number of anilines is 2. The van der Waals surface area contributed by atoms with Crippen molar-refractivity contribution in [2.75, 3.05) is 50.6 Å². The number of piperidine rings is 1. The Hall–Kier alpha value is -2.87. The van der Waals surface area contributed by atoms with Crippen LogP contribution in [0.25, 0.3) is 5.65 Å². The van der Waals surface area contributed by atoms with Crippen molar-refractivity contribution >= 4 is 17.5 Å². The molecule has 0 aliphatic carbocycles. The molecule has 1 fully saturated rings. The summed E-state index contributed by atoms with van der Waals surface area (Å²) in [5.74, 6) is 2.60. The van der Waals surface area contributed by atoms with Crippen LogP contribution in [0.15, 0.2) is 30.5 Å². The molecule has 8 nitrogen and oxygen atoms in total. The van der Waals surface area contributed by atoms with Gasteiger partial charge >= 0.3 is 0 Å². The minimum atomic E-state index is 0.0251. The summed E-state index contributed by atoms with van der Waals surface area (Å²) in [4.78, 5) is 14.6. The molecule has 0 amide bonds. The highest BCUT2D eigenvalue weighted by atomic mass is 16.5. The number of nitrogens with one attached hydrogen (secondary N) is 1. The van der Waals surface area contributed by atoms with Gasteiger partial charge in [0.25, 0.3) is 0 Å². The van der Waals surface area contributed by atoms with Crippen molar-refractivity contribution in [2.45, 2.75) is 58.4 Å². The predicted octanol–water partition coefficient (Wildman–Crippen LogP) is 4.74. The number of hydrogen-bond donors (Lipinski definition) is 1. The van der Waals surface area contributed by atoms with Crippen LogP contribution in [-0.4, -0.2) is 64.8 Å². The van der Waals surface area contributed by atoms with Gasteiger partial charge in [-0.2, -0.15) is 19.6 Å². The second-order valence-corrected chi connectivity index (χ2v) is 9.66. The lowest BCUT2D eigenvalue weighted by Gasteiger charge is -2.27. The molecular weight excluding hydrogens is 426 g/mol. The first-order chi connectivity index (χ1) is 16.5. The van der Waals surface area contributed by atoms with Crippen LogP contribution in [0.5, 0.6) is 5.75 Å². The van der Waals surface area contributed by atoms with E-state index in [4.69, 9.17) is 14.7 Å². The number of fused-ring (bicyclic) bond motifs is 1. The molecule has 1 atom stereocenters. The summed E-state index contributed by atoms with van der Waals surface area (Å²) < 4.78 is 7.24. The Balaban J connectivity index is 1.56. The summed E-state index contributed by atoms with van der Waals surface area (Å²) in [6.07, 6.45) is 7.04. The van der Waals surface area contributed by atoms with E-state index in [0.29, 0.717) is 11.9 Å². The molecular formula is C26H39N7O. The molecule has 0 unspecified atom stereocenters. The average Bonchev–Trinajstić information content (AvgIpc) is 3.29. The zero-order chi connectivity index (χ0) is 24.1. The zero-order valence-corrected chi connectivity index (χ0v) is 21.3. The molecule has 0 spiro atoms. The van der Waals surface area contributed by atoms with Gasteiger partial charge in [-0.3, -0.25) is 0 Å². The zero-order valence-electron chi connectivity index (χ0n) is 21.3. The molecule has 3 heterocycles. The summed E-state index contributed by atoms with van der Waals surface area (Å²) in [5.41, 5.74) is 3.12. The largest absolute Gasteiger partial charge is 0.497 e. The highest BCUT2D eigenvalue weighted by Gasteiger charge is 2.19. The topological polar surface area (TPSA) is 70.8 Å². The van der Waals surface area contributed by atoms with E-state index in [9.17, 15) is 0 Å². The van der Waals surface area contributed by atoms with Crippen molar-refractivity contribution in [3.05, 3.63) is 41.6 Å². The maximum Gasteiger partial charge on any atom is 0.230 e. The molecule has 4 rings (SSSR count). The first-order valence-electron chi connectivity index (χ1n) is 12.6. The molecule has 0 bridgehead atoms. The van der Waals surface area contributed by atoms with Crippen LogP contribution in [0.2, 0.25) is 0 Å². The lowest BCUT2D eigenvalue weighted by Crippen LogP contribution is -2.33. The molecule has 1 N–H and O–H groups in total. The number of aromatic nitrogens is 4. The molecule has 0 saturated carbocycles. The molecule has 1 aliphatic rings. The van der Waals surface area contributed by atoms with Crippen LogP contribution in [0.4, 0.5) is 11.9 Å². The van der Waals surface area contributed by atoms with Gasteiger partial charge in [0.15, 0.2) is 5.65 Å². The van der Waals surface area contributed by atoms with Crippen LogP contribution in [0.3, 0.4) is 0 Å². The van der Waals surface area contributed by atoms with Crippen LogP contribution < -0.4 is 15.0 Å². The van der Waals surface area contributed by atoms with Gasteiger partial charge in [-0.25, -0.2) is 0 Å². The Morgan fingerprint density at radius 2 is 1.91 bits per heavy atom. The van der Waals surface area contributed by atoms with Crippen LogP contribution >= 0.6 is 0 Å². The quantitative estimate of drug-likeness (QED) is 0.464. The van der Waals surface area contributed by atoms with E-state index in [-0.39, 0.29) is 6.04 Å². The summed E-state index contributed by atoms with van der Waals surface area (Å²) in [6, 6.07) is 8.13. The second kappa shape index (κ2) is 11.0. The summed E-state index contributed by atoms with van der Waals surface area (Å²) >= 11 is 0. The Labute approximate surface area is 203 Å². The lowest BCUT2D eigenvalue weighted by molar-refractivity contribution is 0.227. The number of methoxy groups -OCH3 is 1. The van der Waals surface area contributed by atoms with Gasteiger partial charge in [-0.1, -0.05) is 32.4 Å². The van der Waals surface area contributed by atoms with Crippen LogP contribution in [0, 0.1) is 0 Å². The maximum atomic E-state index is 5.41. The summed E-state index contributed by atoms with van der Waals surface area (Å²) in [7, 11) is 3.78. The van der Waals surface area contributed by atoms with Crippen LogP contribution in [0.1, 0.15) is 69.5 Å². The van der Waals surface area contributed by atoms with Crippen LogP contribution in [-0.2, 0) is 0 Å². The molecule has 184 valence electrons. The van der Waals surface area contributed by atoms with E-state index in [2.05, 4.69) is 54.1 Å². The highest BCUT2D eigenvalue weighted by molar-refractivity contribution is 5.56. The fourth-order valence-corrected chi connectivity index (χ4v) is 4.56. The Morgan fingerprint density at radius 3 is 2.65 bits per heavy atom. The van der Waals surface area contributed by atoms with Crippen molar-refractivity contribution in [3.8, 4) is 5.75 Å². The number of rotatable bonds is 10. The standard InChI is InChI=1S/C26H39N7O/c1-19(2)23-18-27-33-24(23)29-25(31(4)13-10-16-32-14-7-6-8-15-32)30-26(33)28-20(3)21-11-9-12-22(17-21)34-5/h9,11-12,17-20H,6-8,10,13-16H2,1-5H3,(H,28,29,30)/t20-/m0/s1. The van der Waals surface area contributed by atoms with Gasteiger partial charge in [0.05, 0.1) is 19.3 Å². The Morgan fingerprint density at radius 1 is 1.12 bits per heavy atom. The smallest absolute Gasteiger partial charge is 0.230 e. The highest BCUT2D eigenvalue weighted by Crippen LogP contribution is 2.26. The molecule has 3 aromatic rings. The van der Waals surface area contributed by atoms with Gasteiger partial charge in [0, 0.05) is 19.2 Å². The van der Waals surface area contributed by atoms with Gasteiger partial charge in [-0.15, -0.1) is 0 Å². The molecule has 1 aromatic carbocycles. The van der Waals surface area contributed by atoms with E-state index >= 15 is 0 Å². The SMILES string of the molecule is COc1cccc([C@H](C)Nc2nc(N(C)CCCN3CCCCC3)nc3c(C(C)C)cnn23)c1. The molecule has 8 heteroatoms. The number of nitrogens with zero attached hydrogens (tertiary/aromatic N) is 6. The van der Waals surface area contributed by atoms with Gasteiger partial charge in [-0.05, 0) is 69.4 Å². The molecule has 1 aliphatic heterocycles. The van der Waals surface area contributed by atoms with E-state index in [1.165, 1.54) is 32.4 Å². The number of benzene rings is 1. The average molecular weight is 466 g/mol. The fourth-order valence-electron chi connectivity index (χ4n) is 4.56. The maximum absolute atomic E-state index is 5.41. The van der Waals surface area contributed by atoms with Gasteiger partial charge in [0.2, 0.25) is 11.9 Å². The first-order valence-corrected chi connectivity index (χ1v) is 12.6. The van der Waals surface area contributed by atoms with E-state index in [1.54, 1.807) is 7.11 Å². The van der Waals surface area contributed by atoms with Crippen molar-refractivity contribution in [1.29, 1.82) is 0 Å². The lowest BCUT2D eigenvalue weighted by atomic mass is 10.1. The van der Waals surface area contributed by atoms with Crippen molar-refractivity contribution in [1.82, 2.24) is 24.5 Å². The van der Waals surface area contributed by atoms with Crippen molar-refractivity contribution in [2.24, 2.45) is 0 Å². The number of likely N-dealkylation sites (tertiary alicyclic amines) is 1. The normalized spacial score (nSPS) is 15.6. The van der Waals surface area contributed by atoms with Gasteiger partial charge in [0.1, 0.15) is 5.75 Å². The van der Waals surface area contributed by atoms with Crippen molar-refractivity contribution in [3.63, 3.8) is 0 Å². The van der Waals surface area contributed by atoms with E-state index in [1.807, 2.05) is 28.9 Å². The van der Waals surface area contributed by atoms with E-state index in [0.717, 1.165) is 48.0 Å². The minimum Gasteiger partial charge on any atom is -0.497 e. The fraction of sp³-hybridized carbons (Fsp3) is 0.577. The first kappa shape index (κ1) is 24.3. The number of hydrogen-bond acceptors (Lipinski definition) is 7. The van der Waals surface area contributed by atoms with E-state index < -0.39 is 0 Å². The monoisotopic (exact) mass is 465 g/mol. The third kappa shape index (κ3) is 5.60. The minimum absolute atomic E-state index is 0.0251. The van der Waals surface area contributed by atoms with Gasteiger partial charge < -0.3 is 19.9 Å². The third-order valence-corrected chi connectivity index (χ3v) is 6.70. The molecule has 2 aromatic heterocycles. The Bertz CT molecular complexity index is 1070. The molecule has 0 radical (unpaired) electrons. The summed E-state index contributed by atoms with van der Waals surface area (Å²) in [5, 5.41) is 8.19. The Kier molecular flexibility index (Phi) is 7.88. The third-order valence-electron chi connectivity index (χ3n) is 6.70. The molecule has 34 heavy (non-hydrogen) atoms. The molecule has 1 saturated heterocycles. The van der Waals surface area contributed by atoms with Crippen molar-refractivity contribution < 1.29 is 4.74 Å². The number of ether oxygens (including phenoxy) is 1.